The Morgan fingerprint density at radius 1 is 1.17 bits per heavy atom. The van der Waals surface area contributed by atoms with Gasteiger partial charge in [-0.3, -0.25) is 10.1 Å². The molecule has 0 aliphatic carbocycles. The average Bonchev–Trinajstić information content (AvgIpc) is 2.71. The number of hydrogen-bond acceptors (Lipinski definition) is 10. The molecule has 1 heterocycles. The molecule has 0 unspecified atom stereocenters. The van der Waals surface area contributed by atoms with E-state index >= 15 is 0 Å². The molecule has 0 aliphatic rings. The smallest absolute Gasteiger partial charge is 0.341 e. The lowest BCUT2D eigenvalue weighted by Crippen LogP contribution is -2.28. The van der Waals surface area contributed by atoms with E-state index in [2.05, 4.69) is 20.0 Å². The summed E-state index contributed by atoms with van der Waals surface area (Å²) in [5, 5.41) is 14.5. The van der Waals surface area contributed by atoms with Crippen LogP contribution in [0.4, 0.5) is 23.0 Å². The van der Waals surface area contributed by atoms with E-state index in [-0.39, 0.29) is 17.2 Å². The van der Waals surface area contributed by atoms with Gasteiger partial charge in [-0.2, -0.15) is 0 Å². The Balaban J connectivity index is 2.35. The molecule has 2 aromatic rings. The fourth-order valence-electron chi connectivity index (χ4n) is 2.48. The van der Waals surface area contributed by atoms with Crippen LogP contribution in [0.2, 0.25) is 0 Å². The zero-order valence-electron chi connectivity index (χ0n) is 17.0. The van der Waals surface area contributed by atoms with Gasteiger partial charge in [0.1, 0.15) is 11.4 Å². The van der Waals surface area contributed by atoms with Gasteiger partial charge in [0.15, 0.2) is 0 Å². The topological polar surface area (TPSA) is 123 Å². The summed E-state index contributed by atoms with van der Waals surface area (Å²) in [6.07, 6.45) is 2.59. The average molecular weight is 404 g/mol. The van der Waals surface area contributed by atoms with Crippen molar-refractivity contribution in [1.82, 2.24) is 14.9 Å². The highest BCUT2D eigenvalue weighted by atomic mass is 16.6. The number of likely N-dealkylation sites (N-methyl/N-ethyl adjacent to an activating group) is 2. The number of benzene rings is 1. The third kappa shape index (κ3) is 5.51. The van der Waals surface area contributed by atoms with Crippen molar-refractivity contribution in [3.05, 3.63) is 40.2 Å². The molecule has 29 heavy (non-hydrogen) atoms. The summed E-state index contributed by atoms with van der Waals surface area (Å²) >= 11 is 0. The van der Waals surface area contributed by atoms with Crippen LogP contribution in [-0.2, 0) is 4.74 Å². The highest BCUT2D eigenvalue weighted by Gasteiger charge is 2.22. The van der Waals surface area contributed by atoms with Crippen LogP contribution in [0.1, 0.15) is 10.4 Å². The number of anilines is 3. The molecule has 0 aliphatic heterocycles. The van der Waals surface area contributed by atoms with Gasteiger partial charge in [0, 0.05) is 44.7 Å². The lowest BCUT2D eigenvalue weighted by molar-refractivity contribution is -0.384. The van der Waals surface area contributed by atoms with Crippen molar-refractivity contribution in [2.24, 2.45) is 0 Å². The van der Waals surface area contributed by atoms with Crippen molar-refractivity contribution < 1.29 is 19.2 Å². The zero-order chi connectivity index (χ0) is 21.6. The predicted octanol–water partition coefficient (Wildman–Crippen LogP) is 1.92. The van der Waals surface area contributed by atoms with Gasteiger partial charge >= 0.3 is 5.97 Å². The number of methoxy groups -OCH3 is 2. The van der Waals surface area contributed by atoms with E-state index in [0.29, 0.717) is 23.7 Å². The molecule has 0 bridgehead atoms. The molecule has 0 spiro atoms. The normalized spacial score (nSPS) is 10.6. The highest BCUT2D eigenvalue weighted by molar-refractivity contribution is 5.88. The summed E-state index contributed by atoms with van der Waals surface area (Å²) in [6, 6.07) is 2.97. The van der Waals surface area contributed by atoms with Crippen molar-refractivity contribution in [1.29, 1.82) is 0 Å². The second-order valence-electron chi connectivity index (χ2n) is 6.44. The van der Waals surface area contributed by atoms with Gasteiger partial charge in [-0.1, -0.05) is 0 Å². The third-order valence-corrected chi connectivity index (χ3v) is 4.11. The van der Waals surface area contributed by atoms with Crippen LogP contribution < -0.4 is 15.0 Å². The Kier molecular flexibility index (Phi) is 7.26. The van der Waals surface area contributed by atoms with Gasteiger partial charge in [-0.15, -0.1) is 0 Å². The Morgan fingerprint density at radius 3 is 2.34 bits per heavy atom. The van der Waals surface area contributed by atoms with Crippen LogP contribution in [0, 0.1) is 10.1 Å². The van der Waals surface area contributed by atoms with Crippen molar-refractivity contribution in [2.75, 3.05) is 58.7 Å². The maximum absolute atomic E-state index is 11.6. The molecule has 156 valence electrons. The molecular weight excluding hydrogens is 380 g/mol. The first kappa shape index (κ1) is 21.8. The fraction of sp³-hybridized carbons (Fsp3) is 0.389. The number of hydrogen-bond donors (Lipinski definition) is 1. The summed E-state index contributed by atoms with van der Waals surface area (Å²) in [6.45, 7) is 1.33. The van der Waals surface area contributed by atoms with Crippen molar-refractivity contribution in [2.45, 2.75) is 0 Å². The number of ether oxygens (including phenoxy) is 2. The fourth-order valence-corrected chi connectivity index (χ4v) is 2.48. The Labute approximate surface area is 168 Å². The van der Waals surface area contributed by atoms with E-state index in [1.807, 2.05) is 19.0 Å². The number of esters is 1. The quantitative estimate of drug-likeness (QED) is 0.377. The number of rotatable bonds is 9. The number of carbonyl (C=O) groups excluding carboxylic acids is 1. The van der Waals surface area contributed by atoms with Gasteiger partial charge in [-0.25, -0.2) is 14.8 Å². The second kappa shape index (κ2) is 9.64. The minimum atomic E-state index is -0.560. The summed E-state index contributed by atoms with van der Waals surface area (Å²) in [5.41, 5.74) is 0.866. The summed E-state index contributed by atoms with van der Waals surface area (Å²) in [4.78, 5) is 34.5. The van der Waals surface area contributed by atoms with E-state index in [1.165, 1.54) is 32.7 Å². The zero-order valence-corrected chi connectivity index (χ0v) is 17.0. The number of aromatic nitrogens is 2. The van der Waals surface area contributed by atoms with E-state index in [1.54, 1.807) is 18.0 Å². The number of nitro benzene ring substituents is 1. The molecule has 1 N–H and O–H groups in total. The van der Waals surface area contributed by atoms with Crippen LogP contribution >= 0.6 is 0 Å². The molecular formula is C18H24N6O5. The summed E-state index contributed by atoms with van der Waals surface area (Å²) in [5.74, 6) is -0.0169. The SMILES string of the molecule is COC(=O)c1cnc(Nc2cc([N+](=O)[O-])c(N(C)CCN(C)C)cc2OC)nc1. The molecule has 0 saturated carbocycles. The molecule has 0 fully saturated rings. The first-order valence-electron chi connectivity index (χ1n) is 8.66. The maximum atomic E-state index is 11.6. The van der Waals surface area contributed by atoms with Gasteiger partial charge in [0.05, 0.1) is 30.4 Å². The number of nitrogens with one attached hydrogen (secondary N) is 1. The van der Waals surface area contributed by atoms with Crippen LogP contribution in [0.5, 0.6) is 5.75 Å². The molecule has 2 rings (SSSR count). The van der Waals surface area contributed by atoms with E-state index in [9.17, 15) is 14.9 Å². The molecule has 0 saturated heterocycles. The summed E-state index contributed by atoms with van der Waals surface area (Å²) in [7, 11) is 8.38. The molecule has 1 aromatic carbocycles. The van der Waals surface area contributed by atoms with Crippen LogP contribution in [-0.4, -0.2) is 74.2 Å². The minimum Gasteiger partial charge on any atom is -0.494 e. The first-order valence-corrected chi connectivity index (χ1v) is 8.66. The minimum absolute atomic E-state index is 0.0827. The maximum Gasteiger partial charge on any atom is 0.341 e. The van der Waals surface area contributed by atoms with Crippen LogP contribution in [0.25, 0.3) is 0 Å². The number of nitrogens with zero attached hydrogens (tertiary/aromatic N) is 5. The molecule has 11 nitrogen and oxygen atoms in total. The summed E-state index contributed by atoms with van der Waals surface area (Å²) < 4.78 is 10.00. The van der Waals surface area contributed by atoms with E-state index < -0.39 is 10.9 Å². The predicted molar refractivity (Wildman–Crippen MR) is 108 cm³/mol. The first-order chi connectivity index (χ1) is 13.8. The van der Waals surface area contributed by atoms with Crippen LogP contribution in [0.15, 0.2) is 24.5 Å². The standard InChI is InChI=1S/C18H24N6O5/c1-22(2)6-7-23(3)14-9-16(28-4)13(8-15(14)24(26)27)21-18-19-10-12(11-20-18)17(25)29-5/h8-11H,6-7H2,1-5H3,(H,19,20,21). The molecule has 0 amide bonds. The molecule has 1 aromatic heterocycles. The molecule has 0 radical (unpaired) electrons. The largest absolute Gasteiger partial charge is 0.494 e. The van der Waals surface area contributed by atoms with Crippen molar-refractivity contribution >= 4 is 29.0 Å². The van der Waals surface area contributed by atoms with Crippen molar-refractivity contribution in [3.63, 3.8) is 0 Å². The van der Waals surface area contributed by atoms with E-state index in [0.717, 1.165) is 6.54 Å². The second-order valence-corrected chi connectivity index (χ2v) is 6.44. The van der Waals surface area contributed by atoms with Crippen molar-refractivity contribution in [3.8, 4) is 5.75 Å². The van der Waals surface area contributed by atoms with Gasteiger partial charge in [0.25, 0.3) is 5.69 Å². The molecule has 0 atom stereocenters. The Morgan fingerprint density at radius 2 is 1.83 bits per heavy atom. The van der Waals surface area contributed by atoms with Gasteiger partial charge in [0.2, 0.25) is 5.95 Å². The van der Waals surface area contributed by atoms with Gasteiger partial charge < -0.3 is 24.6 Å². The monoisotopic (exact) mass is 404 g/mol. The molecule has 11 heteroatoms. The Hall–Kier alpha value is -3.47. The number of nitro groups is 1. The highest BCUT2D eigenvalue weighted by Crippen LogP contribution is 2.38. The lowest BCUT2D eigenvalue weighted by Gasteiger charge is -2.22. The third-order valence-electron chi connectivity index (χ3n) is 4.11. The Bertz CT molecular complexity index is 872. The lowest BCUT2D eigenvalue weighted by atomic mass is 10.2. The van der Waals surface area contributed by atoms with E-state index in [4.69, 9.17) is 4.74 Å². The van der Waals surface area contributed by atoms with Gasteiger partial charge in [-0.05, 0) is 14.1 Å². The number of carbonyl (C=O) groups is 1. The van der Waals surface area contributed by atoms with Crippen LogP contribution in [0.3, 0.4) is 0 Å².